The van der Waals surface area contributed by atoms with Gasteiger partial charge in [-0.15, -0.1) is 0 Å². The molecular formula is C14H17F3NO6P. The van der Waals surface area contributed by atoms with Gasteiger partial charge in [-0.05, 0) is 24.6 Å². The third-order valence-electron chi connectivity index (χ3n) is 3.51. The highest BCUT2D eigenvalue weighted by atomic mass is 31.1. The molecule has 0 aliphatic carbocycles. The van der Waals surface area contributed by atoms with Crippen molar-refractivity contribution in [3.63, 3.8) is 0 Å². The van der Waals surface area contributed by atoms with E-state index in [-0.39, 0.29) is 18.7 Å². The predicted molar refractivity (Wildman–Crippen MR) is 82.9 cm³/mol. The van der Waals surface area contributed by atoms with E-state index < -0.39 is 49.7 Å². The lowest BCUT2D eigenvalue weighted by Crippen LogP contribution is -2.32. The molecule has 0 radical (unpaired) electrons. The number of hydrogen-bond donors (Lipinski definition) is 4. The largest absolute Gasteiger partial charge is 0.481 e. The predicted octanol–water partition coefficient (Wildman–Crippen LogP) is 2.52. The van der Waals surface area contributed by atoms with Crippen molar-refractivity contribution in [2.75, 3.05) is 11.9 Å². The lowest BCUT2D eigenvalue weighted by atomic mass is 9.99. The molecule has 0 saturated carbocycles. The Hall–Kier alpha value is -2.06. The van der Waals surface area contributed by atoms with Gasteiger partial charge in [-0.1, -0.05) is 6.07 Å². The van der Waals surface area contributed by atoms with Crippen LogP contribution < -0.4 is 5.32 Å². The molecule has 0 amide bonds. The van der Waals surface area contributed by atoms with Crippen molar-refractivity contribution in [3.05, 3.63) is 29.8 Å². The number of nitrogens with one attached hydrogen (secondary N) is 1. The van der Waals surface area contributed by atoms with Crippen molar-refractivity contribution in [1.82, 2.24) is 0 Å². The van der Waals surface area contributed by atoms with Crippen molar-refractivity contribution in [2.24, 2.45) is 5.92 Å². The summed E-state index contributed by atoms with van der Waals surface area (Å²) in [7, 11) is -3.38. The molecule has 1 rings (SSSR count). The molecule has 3 unspecified atom stereocenters. The number of carbonyl (C=O) groups is 2. The summed E-state index contributed by atoms with van der Waals surface area (Å²) in [5.74, 6) is -4.11. The topological polar surface area (TPSA) is 124 Å². The number of aliphatic carboxylic acids is 2. The van der Waals surface area contributed by atoms with Crippen molar-refractivity contribution in [2.45, 2.75) is 24.7 Å². The van der Waals surface area contributed by atoms with Gasteiger partial charge in [0.1, 0.15) is 0 Å². The summed E-state index contributed by atoms with van der Waals surface area (Å²) >= 11 is 0. The molecule has 0 aliphatic rings. The van der Waals surface area contributed by atoms with E-state index in [1.165, 1.54) is 6.07 Å². The number of rotatable bonds is 9. The minimum absolute atomic E-state index is 0.00504. The van der Waals surface area contributed by atoms with E-state index in [2.05, 4.69) is 5.32 Å². The highest BCUT2D eigenvalue weighted by Crippen LogP contribution is 2.34. The first kappa shape index (κ1) is 21.0. The molecule has 1 aromatic rings. The number of carboxylic acids is 2. The van der Waals surface area contributed by atoms with Crippen molar-refractivity contribution >= 4 is 25.7 Å². The summed E-state index contributed by atoms with van der Waals surface area (Å²) in [5.41, 5.74) is -2.24. The van der Waals surface area contributed by atoms with E-state index in [1.807, 2.05) is 0 Å². The maximum Gasteiger partial charge on any atom is 0.416 e. The van der Waals surface area contributed by atoms with E-state index in [4.69, 9.17) is 10.2 Å². The van der Waals surface area contributed by atoms with E-state index >= 15 is 0 Å². The monoisotopic (exact) mass is 383 g/mol. The molecule has 0 spiro atoms. The average molecular weight is 383 g/mol. The summed E-state index contributed by atoms with van der Waals surface area (Å²) in [5, 5.41) is 20.3. The van der Waals surface area contributed by atoms with E-state index in [9.17, 15) is 32.2 Å². The number of halogens is 3. The van der Waals surface area contributed by atoms with Crippen LogP contribution in [0.25, 0.3) is 0 Å². The molecule has 1 aromatic carbocycles. The summed E-state index contributed by atoms with van der Waals surface area (Å²) in [6.45, 7) is -0.383. The van der Waals surface area contributed by atoms with Gasteiger partial charge in [-0.2, -0.15) is 13.2 Å². The zero-order valence-corrected chi connectivity index (χ0v) is 13.8. The summed E-state index contributed by atoms with van der Waals surface area (Å²) < 4.78 is 49.5. The number of anilines is 1. The smallest absolute Gasteiger partial charge is 0.416 e. The number of carboxylic acid groups (broad SMARTS) is 2. The molecule has 25 heavy (non-hydrogen) atoms. The minimum Gasteiger partial charge on any atom is -0.481 e. The Morgan fingerprint density at radius 3 is 2.36 bits per heavy atom. The van der Waals surface area contributed by atoms with Gasteiger partial charge in [0.15, 0.2) is 8.03 Å². The van der Waals surface area contributed by atoms with Crippen LogP contribution in [-0.4, -0.2) is 39.2 Å². The molecule has 4 N–H and O–H groups in total. The molecule has 0 saturated heterocycles. The summed E-state index contributed by atoms with van der Waals surface area (Å²) in [6.07, 6.45) is -5.44. The first-order valence-corrected chi connectivity index (χ1v) is 8.54. The van der Waals surface area contributed by atoms with Gasteiger partial charge in [0.05, 0.1) is 17.1 Å². The molecular weight excluding hydrogens is 366 g/mol. The van der Waals surface area contributed by atoms with Gasteiger partial charge in [0.2, 0.25) is 0 Å². The fraction of sp³-hybridized carbons (Fsp3) is 0.429. The molecule has 0 aromatic heterocycles. The molecule has 0 aliphatic heterocycles. The first-order chi connectivity index (χ1) is 11.5. The number of benzene rings is 1. The lowest BCUT2D eigenvalue weighted by Gasteiger charge is -2.22. The van der Waals surface area contributed by atoms with Crippen molar-refractivity contribution < 1.29 is 42.4 Å². The SMILES string of the molecule is O=C(O)CCC(C(=O)O)C(CNc1cccc(C(F)(F)F)c1)[PH](=O)O. The number of alkyl halides is 3. The van der Waals surface area contributed by atoms with Crippen LogP contribution in [0, 0.1) is 5.92 Å². The molecule has 7 nitrogen and oxygen atoms in total. The molecule has 140 valence electrons. The van der Waals surface area contributed by atoms with Crippen LogP contribution in [0.3, 0.4) is 0 Å². The Kier molecular flexibility index (Phi) is 7.44. The van der Waals surface area contributed by atoms with Gasteiger partial charge in [0.25, 0.3) is 0 Å². The fourth-order valence-electron chi connectivity index (χ4n) is 2.21. The van der Waals surface area contributed by atoms with Crippen LogP contribution in [0.4, 0.5) is 18.9 Å². The Morgan fingerprint density at radius 1 is 1.24 bits per heavy atom. The third kappa shape index (κ3) is 6.75. The summed E-state index contributed by atoms with van der Waals surface area (Å²) in [4.78, 5) is 31.2. The molecule has 0 bridgehead atoms. The zero-order chi connectivity index (χ0) is 19.2. The van der Waals surface area contributed by atoms with E-state index in [1.54, 1.807) is 0 Å². The lowest BCUT2D eigenvalue weighted by molar-refractivity contribution is -0.143. The Bertz CT molecular complexity index is 652. The number of hydrogen-bond acceptors (Lipinski definition) is 4. The Morgan fingerprint density at radius 2 is 1.88 bits per heavy atom. The maximum absolute atomic E-state index is 12.7. The second-order valence-corrected chi connectivity index (χ2v) is 6.70. The van der Waals surface area contributed by atoms with Crippen LogP contribution in [0.2, 0.25) is 0 Å². The first-order valence-electron chi connectivity index (χ1n) is 7.11. The quantitative estimate of drug-likeness (QED) is 0.483. The van der Waals surface area contributed by atoms with Gasteiger partial charge in [-0.25, -0.2) is 0 Å². The van der Waals surface area contributed by atoms with Gasteiger partial charge < -0.3 is 20.4 Å². The minimum atomic E-state index is -4.56. The van der Waals surface area contributed by atoms with Crippen molar-refractivity contribution in [3.8, 4) is 0 Å². The molecule has 0 fully saturated rings. The third-order valence-corrected chi connectivity index (χ3v) is 4.75. The fourth-order valence-corrected chi connectivity index (χ4v) is 3.14. The van der Waals surface area contributed by atoms with Crippen LogP contribution in [0.1, 0.15) is 18.4 Å². The second kappa shape index (κ2) is 8.87. The molecule has 3 atom stereocenters. The van der Waals surface area contributed by atoms with E-state index in [0.717, 1.165) is 18.2 Å². The maximum atomic E-state index is 12.7. The molecule has 11 heteroatoms. The highest BCUT2D eigenvalue weighted by Gasteiger charge is 2.33. The van der Waals surface area contributed by atoms with E-state index in [0.29, 0.717) is 0 Å². The highest BCUT2D eigenvalue weighted by molar-refractivity contribution is 7.39. The second-order valence-electron chi connectivity index (χ2n) is 5.28. The van der Waals surface area contributed by atoms with Gasteiger partial charge in [-0.3, -0.25) is 14.2 Å². The Balaban J connectivity index is 2.89. The van der Waals surface area contributed by atoms with Gasteiger partial charge in [0, 0.05) is 18.7 Å². The van der Waals surface area contributed by atoms with Crippen LogP contribution in [0.15, 0.2) is 24.3 Å². The molecule has 0 heterocycles. The van der Waals surface area contributed by atoms with Gasteiger partial charge >= 0.3 is 18.1 Å². The van der Waals surface area contributed by atoms with Crippen LogP contribution in [0.5, 0.6) is 0 Å². The summed E-state index contributed by atoms with van der Waals surface area (Å²) in [6, 6.07) is 4.08. The normalized spacial score (nSPS) is 15.2. The standard InChI is InChI=1S/C14H17F3NO6P/c15-14(16,17)8-2-1-3-9(6-8)18-7-11(25(23)24)10(13(21)22)4-5-12(19)20/h1-3,6,10-11,18,25H,4-5,7H2,(H,19,20)(H,21,22)(H,23,24). The van der Waals surface area contributed by atoms with Crippen LogP contribution in [-0.2, 0) is 20.3 Å². The van der Waals surface area contributed by atoms with Crippen LogP contribution >= 0.6 is 8.03 Å². The zero-order valence-electron chi connectivity index (χ0n) is 12.8. The average Bonchev–Trinajstić information content (AvgIpc) is 2.48. The Labute approximate surface area is 141 Å². The van der Waals surface area contributed by atoms with Crippen molar-refractivity contribution in [1.29, 1.82) is 0 Å².